The minimum absolute atomic E-state index is 0.0367. The van der Waals surface area contributed by atoms with Crippen LogP contribution in [0.2, 0.25) is 0 Å². The van der Waals surface area contributed by atoms with Crippen molar-refractivity contribution in [2.45, 2.75) is 43.4 Å². The van der Waals surface area contributed by atoms with Crippen LogP contribution < -0.4 is 0 Å². The van der Waals surface area contributed by atoms with Crippen molar-refractivity contribution in [3.8, 4) is 0 Å². The molecule has 6 nitrogen and oxygen atoms in total. The van der Waals surface area contributed by atoms with Gasteiger partial charge in [-0.15, -0.1) is 0 Å². The van der Waals surface area contributed by atoms with Crippen LogP contribution in [0.25, 0.3) is 0 Å². The molecule has 0 radical (unpaired) electrons. The molecule has 0 bridgehead atoms. The second kappa shape index (κ2) is 4.87. The van der Waals surface area contributed by atoms with Crippen LogP contribution in [0, 0.1) is 0 Å². The van der Waals surface area contributed by atoms with Gasteiger partial charge in [0.25, 0.3) is 0 Å². The summed E-state index contributed by atoms with van der Waals surface area (Å²) in [5, 5.41) is 8.00. The van der Waals surface area contributed by atoms with Gasteiger partial charge >= 0.3 is 5.97 Å². The van der Waals surface area contributed by atoms with E-state index in [0.717, 1.165) is 0 Å². The molecule has 2 saturated heterocycles. The van der Waals surface area contributed by atoms with E-state index < -0.39 is 33.0 Å². The van der Waals surface area contributed by atoms with Gasteiger partial charge in [0.15, 0.2) is 9.84 Å². The summed E-state index contributed by atoms with van der Waals surface area (Å²) in [5.74, 6) is -1.52. The van der Waals surface area contributed by atoms with Crippen molar-refractivity contribution in [1.29, 1.82) is 0 Å². The van der Waals surface area contributed by atoms with E-state index in [4.69, 9.17) is 5.11 Å². The predicted molar refractivity (Wildman–Crippen MR) is 63.8 cm³/mol. The summed E-state index contributed by atoms with van der Waals surface area (Å²) >= 11 is 0. The first-order chi connectivity index (χ1) is 8.43. The molecular weight excluding hydrogens is 258 g/mol. The number of sulfone groups is 1. The fraction of sp³-hybridized carbons (Fsp3) is 0.818. The van der Waals surface area contributed by atoms with Crippen molar-refractivity contribution < 1.29 is 23.1 Å². The molecule has 1 amide bonds. The highest BCUT2D eigenvalue weighted by atomic mass is 32.2. The van der Waals surface area contributed by atoms with Crippen molar-refractivity contribution in [3.63, 3.8) is 0 Å². The van der Waals surface area contributed by atoms with Crippen molar-refractivity contribution >= 4 is 21.7 Å². The quantitative estimate of drug-likeness (QED) is 0.767. The van der Waals surface area contributed by atoms with E-state index in [9.17, 15) is 18.0 Å². The zero-order chi connectivity index (χ0) is 13.3. The number of amides is 1. The average Bonchev–Trinajstić information content (AvgIpc) is 2.76. The normalized spacial score (nSPS) is 31.2. The van der Waals surface area contributed by atoms with Gasteiger partial charge in [0.2, 0.25) is 5.91 Å². The number of likely N-dealkylation sites (tertiary alicyclic amines) is 1. The Morgan fingerprint density at radius 3 is 2.44 bits per heavy atom. The van der Waals surface area contributed by atoms with Crippen LogP contribution in [0.5, 0.6) is 0 Å². The van der Waals surface area contributed by atoms with Gasteiger partial charge in [0.05, 0.1) is 5.75 Å². The first kappa shape index (κ1) is 13.3. The molecule has 2 aliphatic rings. The molecule has 2 aliphatic heterocycles. The maximum absolute atomic E-state index is 12.2. The summed E-state index contributed by atoms with van der Waals surface area (Å²) in [6, 6.07) is -0.852. The topological polar surface area (TPSA) is 91.8 Å². The van der Waals surface area contributed by atoms with E-state index in [0.29, 0.717) is 38.6 Å². The van der Waals surface area contributed by atoms with Crippen LogP contribution in [0.15, 0.2) is 0 Å². The molecule has 0 aliphatic carbocycles. The number of rotatable bonds is 2. The smallest absolute Gasteiger partial charge is 0.326 e. The highest BCUT2D eigenvalue weighted by Gasteiger charge is 2.42. The van der Waals surface area contributed by atoms with Crippen molar-refractivity contribution in [2.75, 3.05) is 12.3 Å². The standard InChI is InChI=1S/C11H17NO5S/c13-10(9-5-1-2-7-18(9,16)17)12-6-3-4-8(12)11(14)15/h8-9H,1-7H2,(H,14,15). The van der Waals surface area contributed by atoms with Crippen LogP contribution in [-0.2, 0) is 19.4 Å². The Morgan fingerprint density at radius 1 is 1.11 bits per heavy atom. The van der Waals surface area contributed by atoms with Crippen LogP contribution in [0.3, 0.4) is 0 Å². The van der Waals surface area contributed by atoms with Gasteiger partial charge in [0.1, 0.15) is 11.3 Å². The Bertz CT molecular complexity index is 458. The van der Waals surface area contributed by atoms with E-state index in [1.165, 1.54) is 4.90 Å². The van der Waals surface area contributed by atoms with Crippen LogP contribution in [0.4, 0.5) is 0 Å². The molecule has 2 fully saturated rings. The summed E-state index contributed by atoms with van der Waals surface area (Å²) in [6.45, 7) is 0.349. The van der Waals surface area contributed by atoms with Gasteiger partial charge in [-0.3, -0.25) is 4.79 Å². The maximum Gasteiger partial charge on any atom is 0.326 e. The largest absolute Gasteiger partial charge is 0.480 e. The van der Waals surface area contributed by atoms with Gasteiger partial charge in [-0.1, -0.05) is 6.42 Å². The molecule has 2 atom stereocenters. The van der Waals surface area contributed by atoms with Gasteiger partial charge in [-0.25, -0.2) is 13.2 Å². The monoisotopic (exact) mass is 275 g/mol. The molecule has 0 spiro atoms. The molecule has 0 aromatic rings. The third-order valence-electron chi connectivity index (χ3n) is 3.68. The summed E-state index contributed by atoms with van der Waals surface area (Å²) in [7, 11) is -3.39. The molecule has 18 heavy (non-hydrogen) atoms. The van der Waals surface area contributed by atoms with E-state index >= 15 is 0 Å². The molecule has 0 saturated carbocycles. The number of carbonyl (C=O) groups is 2. The number of aliphatic carboxylic acids is 1. The van der Waals surface area contributed by atoms with Crippen LogP contribution >= 0.6 is 0 Å². The zero-order valence-corrected chi connectivity index (χ0v) is 10.9. The highest BCUT2D eigenvalue weighted by Crippen LogP contribution is 2.25. The second-order valence-corrected chi connectivity index (χ2v) is 7.18. The van der Waals surface area contributed by atoms with Gasteiger partial charge in [-0.05, 0) is 25.7 Å². The highest BCUT2D eigenvalue weighted by molar-refractivity contribution is 7.92. The van der Waals surface area contributed by atoms with E-state index in [1.54, 1.807) is 0 Å². The van der Waals surface area contributed by atoms with Crippen molar-refractivity contribution in [1.82, 2.24) is 4.90 Å². The lowest BCUT2D eigenvalue weighted by atomic mass is 10.1. The van der Waals surface area contributed by atoms with Gasteiger partial charge in [-0.2, -0.15) is 0 Å². The van der Waals surface area contributed by atoms with Crippen molar-refractivity contribution in [3.05, 3.63) is 0 Å². The number of carboxylic acids is 1. The Balaban J connectivity index is 2.18. The lowest BCUT2D eigenvalue weighted by Gasteiger charge is -2.28. The van der Waals surface area contributed by atoms with Gasteiger partial charge < -0.3 is 10.0 Å². The molecule has 0 aromatic carbocycles. The van der Waals surface area contributed by atoms with Crippen LogP contribution in [-0.4, -0.2) is 53.9 Å². The zero-order valence-electron chi connectivity index (χ0n) is 10.0. The lowest BCUT2D eigenvalue weighted by Crippen LogP contribution is -2.49. The van der Waals surface area contributed by atoms with E-state index in [-0.39, 0.29) is 5.75 Å². The Labute approximate surface area is 106 Å². The number of carboxylic acid groups (broad SMARTS) is 1. The van der Waals surface area contributed by atoms with Crippen molar-refractivity contribution in [2.24, 2.45) is 0 Å². The molecule has 0 aromatic heterocycles. The van der Waals surface area contributed by atoms with Crippen LogP contribution in [0.1, 0.15) is 32.1 Å². The fourth-order valence-electron chi connectivity index (χ4n) is 2.70. The average molecular weight is 275 g/mol. The fourth-order valence-corrected chi connectivity index (χ4v) is 4.56. The number of hydrogen-bond acceptors (Lipinski definition) is 4. The molecule has 2 unspecified atom stereocenters. The Kier molecular flexibility index (Phi) is 3.61. The third kappa shape index (κ3) is 2.36. The predicted octanol–water partition coefficient (Wildman–Crippen LogP) is 0.0293. The summed E-state index contributed by atoms with van der Waals surface area (Å²) in [6.07, 6.45) is 2.66. The maximum atomic E-state index is 12.2. The van der Waals surface area contributed by atoms with E-state index in [2.05, 4.69) is 0 Å². The SMILES string of the molecule is O=C(O)C1CCCN1C(=O)C1CCCCS1(=O)=O. The molecule has 2 rings (SSSR count). The third-order valence-corrected chi connectivity index (χ3v) is 5.84. The molecule has 7 heteroatoms. The minimum atomic E-state index is -3.39. The minimum Gasteiger partial charge on any atom is -0.480 e. The Morgan fingerprint density at radius 2 is 1.83 bits per heavy atom. The first-order valence-electron chi connectivity index (χ1n) is 6.18. The molecule has 102 valence electrons. The Hall–Kier alpha value is -1.11. The molecular formula is C11H17NO5S. The molecule has 2 heterocycles. The number of carbonyl (C=O) groups excluding carboxylic acids is 1. The second-order valence-electron chi connectivity index (χ2n) is 4.88. The first-order valence-corrected chi connectivity index (χ1v) is 7.90. The summed E-state index contributed by atoms with van der Waals surface area (Å²) < 4.78 is 23.7. The lowest BCUT2D eigenvalue weighted by molar-refractivity contribution is -0.148. The number of hydrogen-bond donors (Lipinski definition) is 1. The number of nitrogens with zero attached hydrogens (tertiary/aromatic N) is 1. The molecule has 1 N–H and O–H groups in total. The van der Waals surface area contributed by atoms with Gasteiger partial charge in [0, 0.05) is 6.54 Å². The van der Waals surface area contributed by atoms with E-state index in [1.807, 2.05) is 0 Å². The summed E-state index contributed by atoms with van der Waals surface area (Å²) in [5.41, 5.74) is 0. The summed E-state index contributed by atoms with van der Waals surface area (Å²) in [4.78, 5) is 24.5.